The molecule has 0 bridgehead atoms. The highest BCUT2D eigenvalue weighted by atomic mass is 32.1. The van der Waals surface area contributed by atoms with Crippen LogP contribution >= 0.6 is 11.3 Å². The smallest absolute Gasteiger partial charge is 0.357 e. The van der Waals surface area contributed by atoms with Gasteiger partial charge in [0.05, 0.1) is 18.3 Å². The molecule has 3 aromatic heterocycles. The summed E-state index contributed by atoms with van der Waals surface area (Å²) in [5, 5.41) is 3.46. The highest BCUT2D eigenvalue weighted by molar-refractivity contribution is 7.09. The van der Waals surface area contributed by atoms with Crippen LogP contribution in [-0.4, -0.2) is 38.8 Å². The Morgan fingerprint density at radius 2 is 1.96 bits per heavy atom. The third kappa shape index (κ3) is 4.24. The molecule has 0 saturated heterocycles. The molecule has 4 rings (SSSR count). The number of ether oxygens (including phenoxy) is 1. The van der Waals surface area contributed by atoms with Gasteiger partial charge in [-0.15, -0.1) is 11.3 Å². The number of methoxy groups -OCH3 is 1. The second-order valence-corrected chi connectivity index (χ2v) is 6.47. The normalized spacial score (nSPS) is 10.1. The van der Waals surface area contributed by atoms with Crippen molar-refractivity contribution in [2.75, 3.05) is 7.11 Å². The molecule has 0 aliphatic carbocycles. The van der Waals surface area contributed by atoms with Gasteiger partial charge in [0.2, 0.25) is 5.78 Å². The molecule has 7 nitrogen and oxygen atoms in total. The van der Waals surface area contributed by atoms with Crippen LogP contribution < -0.4 is 0 Å². The van der Waals surface area contributed by atoms with E-state index in [1.54, 1.807) is 17.8 Å². The lowest BCUT2D eigenvalue weighted by atomic mass is 10.1. The number of aryl methyl sites for hydroxylation is 1. The van der Waals surface area contributed by atoms with Gasteiger partial charge >= 0.3 is 5.97 Å². The summed E-state index contributed by atoms with van der Waals surface area (Å²) in [7, 11) is 1.34. The van der Waals surface area contributed by atoms with E-state index in [9.17, 15) is 9.59 Å². The second-order valence-electron chi connectivity index (χ2n) is 5.41. The number of carbonyl (C=O) groups excluding carboxylic acids is 2. The first-order valence-electron chi connectivity index (χ1n) is 7.97. The van der Waals surface area contributed by atoms with E-state index in [1.807, 2.05) is 31.2 Å². The monoisotopic (exact) mass is 380 g/mol. The van der Waals surface area contributed by atoms with E-state index in [-0.39, 0.29) is 11.8 Å². The quantitative estimate of drug-likeness (QED) is 0.432. The summed E-state index contributed by atoms with van der Waals surface area (Å²) in [6.07, 6.45) is 6.25. The van der Waals surface area contributed by atoms with Crippen LogP contribution in [0.15, 0.2) is 54.4 Å². The van der Waals surface area contributed by atoms with Crippen molar-refractivity contribution in [3.8, 4) is 0 Å². The third-order valence-electron chi connectivity index (χ3n) is 3.64. The topological polar surface area (TPSA) is 97.8 Å². The van der Waals surface area contributed by atoms with Crippen molar-refractivity contribution in [3.63, 3.8) is 0 Å². The predicted molar refractivity (Wildman–Crippen MR) is 102 cm³/mol. The van der Waals surface area contributed by atoms with E-state index in [0.29, 0.717) is 17.0 Å². The molecule has 4 aromatic rings. The summed E-state index contributed by atoms with van der Waals surface area (Å²) in [5.41, 5.74) is 2.32. The Bertz CT molecular complexity index is 1070. The number of ketones is 1. The van der Waals surface area contributed by atoms with Crippen molar-refractivity contribution in [1.82, 2.24) is 19.9 Å². The zero-order valence-electron chi connectivity index (χ0n) is 14.7. The zero-order valence-corrected chi connectivity index (χ0v) is 15.5. The number of carbonyl (C=O) groups is 2. The standard InChI is InChI=1S/C13H9N3O.C6H7NO2S/c17-13(12-8-14-5-6-15-12)10-7-16-11-4-2-1-3-9(10)11;1-4-7-5(3-10-4)6(8)9-2/h1-8,16H;3H,1-2H3. The van der Waals surface area contributed by atoms with E-state index in [2.05, 4.69) is 24.7 Å². The number of hydrogen-bond acceptors (Lipinski definition) is 7. The maximum Gasteiger partial charge on any atom is 0.357 e. The molecule has 0 unspecified atom stereocenters. The van der Waals surface area contributed by atoms with Crippen LogP contribution in [0.5, 0.6) is 0 Å². The molecule has 0 saturated carbocycles. The predicted octanol–water partition coefficient (Wildman–Crippen LogP) is 3.43. The lowest BCUT2D eigenvalue weighted by molar-refractivity contribution is 0.0594. The number of benzene rings is 1. The fraction of sp³-hybridized carbons (Fsp3) is 0.105. The number of nitrogens with one attached hydrogen (secondary N) is 1. The number of esters is 1. The summed E-state index contributed by atoms with van der Waals surface area (Å²) >= 11 is 1.44. The van der Waals surface area contributed by atoms with Gasteiger partial charge in [-0.25, -0.2) is 14.8 Å². The molecule has 1 N–H and O–H groups in total. The van der Waals surface area contributed by atoms with E-state index in [1.165, 1.54) is 30.8 Å². The van der Waals surface area contributed by atoms with Gasteiger partial charge in [0.1, 0.15) is 5.69 Å². The van der Waals surface area contributed by atoms with Crippen LogP contribution in [0.3, 0.4) is 0 Å². The number of nitrogens with zero attached hydrogens (tertiary/aromatic N) is 3. The Kier molecular flexibility index (Phi) is 5.68. The minimum absolute atomic E-state index is 0.115. The van der Waals surface area contributed by atoms with Crippen molar-refractivity contribution in [3.05, 3.63) is 76.4 Å². The van der Waals surface area contributed by atoms with Gasteiger partial charge in [-0.2, -0.15) is 0 Å². The third-order valence-corrected chi connectivity index (χ3v) is 4.42. The fourth-order valence-corrected chi connectivity index (χ4v) is 2.96. The molecular formula is C19H16N4O3S. The Labute approximate surface area is 159 Å². The fourth-order valence-electron chi connectivity index (χ4n) is 2.38. The minimum atomic E-state index is -0.371. The molecule has 8 heteroatoms. The Morgan fingerprint density at radius 3 is 2.63 bits per heavy atom. The maximum absolute atomic E-state index is 12.2. The highest BCUT2D eigenvalue weighted by Gasteiger charge is 2.14. The SMILES string of the molecule is COC(=O)c1csc(C)n1.O=C(c1cnccn1)c1c[nH]c2ccccc12. The minimum Gasteiger partial charge on any atom is -0.464 e. The number of hydrogen-bond donors (Lipinski definition) is 1. The van der Waals surface area contributed by atoms with Crippen molar-refractivity contribution in [1.29, 1.82) is 0 Å². The number of aromatic nitrogens is 4. The van der Waals surface area contributed by atoms with Crippen LogP contribution in [0.4, 0.5) is 0 Å². The van der Waals surface area contributed by atoms with Gasteiger partial charge in [-0.05, 0) is 13.0 Å². The van der Waals surface area contributed by atoms with Crippen LogP contribution in [0, 0.1) is 6.92 Å². The van der Waals surface area contributed by atoms with Gasteiger partial charge in [0, 0.05) is 40.4 Å². The largest absolute Gasteiger partial charge is 0.464 e. The lowest BCUT2D eigenvalue weighted by Gasteiger charge is -1.97. The average Bonchev–Trinajstić information content (AvgIpc) is 3.34. The van der Waals surface area contributed by atoms with Crippen molar-refractivity contribution in [2.45, 2.75) is 6.92 Å². The van der Waals surface area contributed by atoms with E-state index in [0.717, 1.165) is 15.9 Å². The molecule has 1 aromatic carbocycles. The van der Waals surface area contributed by atoms with Crippen LogP contribution in [0.2, 0.25) is 0 Å². The number of rotatable bonds is 3. The van der Waals surface area contributed by atoms with Gasteiger partial charge in [0.25, 0.3) is 0 Å². The van der Waals surface area contributed by atoms with Gasteiger partial charge in [-0.1, -0.05) is 18.2 Å². The average molecular weight is 380 g/mol. The van der Waals surface area contributed by atoms with Crippen LogP contribution in [0.25, 0.3) is 10.9 Å². The number of fused-ring (bicyclic) bond motifs is 1. The zero-order chi connectivity index (χ0) is 19.2. The molecule has 0 amide bonds. The first-order valence-corrected chi connectivity index (χ1v) is 8.85. The molecule has 3 heterocycles. The number of thiazole rings is 1. The lowest BCUT2D eigenvalue weighted by Crippen LogP contribution is -2.03. The number of aromatic amines is 1. The van der Waals surface area contributed by atoms with E-state index >= 15 is 0 Å². The number of para-hydroxylation sites is 1. The summed E-state index contributed by atoms with van der Waals surface area (Å²) in [5.74, 6) is -0.486. The summed E-state index contributed by atoms with van der Waals surface area (Å²) in [6.45, 7) is 1.84. The Hall–Kier alpha value is -3.39. The van der Waals surface area contributed by atoms with Gasteiger partial charge in [0.15, 0.2) is 5.69 Å². The molecule has 0 atom stereocenters. The molecule has 27 heavy (non-hydrogen) atoms. The second kappa shape index (κ2) is 8.33. The van der Waals surface area contributed by atoms with Crippen LogP contribution in [0.1, 0.15) is 31.5 Å². The van der Waals surface area contributed by atoms with E-state index in [4.69, 9.17) is 0 Å². The van der Waals surface area contributed by atoms with Crippen molar-refractivity contribution in [2.24, 2.45) is 0 Å². The first kappa shape index (κ1) is 18.4. The molecule has 0 aliphatic rings. The molecule has 0 aliphatic heterocycles. The van der Waals surface area contributed by atoms with E-state index < -0.39 is 0 Å². The molecule has 0 spiro atoms. The first-order chi connectivity index (χ1) is 13.1. The molecule has 136 valence electrons. The maximum atomic E-state index is 12.2. The summed E-state index contributed by atoms with van der Waals surface area (Å²) in [4.78, 5) is 37.9. The van der Waals surface area contributed by atoms with Gasteiger partial charge in [-0.3, -0.25) is 9.78 Å². The summed E-state index contributed by atoms with van der Waals surface area (Å²) < 4.78 is 4.45. The van der Waals surface area contributed by atoms with Crippen LogP contribution in [-0.2, 0) is 4.74 Å². The Morgan fingerprint density at radius 1 is 1.15 bits per heavy atom. The summed E-state index contributed by atoms with van der Waals surface area (Å²) in [6, 6.07) is 7.68. The Balaban J connectivity index is 0.000000180. The molecule has 0 fully saturated rings. The van der Waals surface area contributed by atoms with Gasteiger partial charge < -0.3 is 9.72 Å². The van der Waals surface area contributed by atoms with Crippen molar-refractivity contribution < 1.29 is 14.3 Å². The molecule has 0 radical (unpaired) electrons. The number of H-pyrrole nitrogens is 1. The van der Waals surface area contributed by atoms with Crippen molar-refractivity contribution >= 4 is 34.0 Å². The highest BCUT2D eigenvalue weighted by Crippen LogP contribution is 2.19. The molecular weight excluding hydrogens is 364 g/mol.